The van der Waals surface area contributed by atoms with E-state index in [1.807, 2.05) is 4.57 Å². The van der Waals surface area contributed by atoms with Crippen molar-refractivity contribution in [2.45, 2.75) is 38.4 Å². The van der Waals surface area contributed by atoms with Crippen LogP contribution in [0.2, 0.25) is 0 Å². The lowest BCUT2D eigenvalue weighted by Gasteiger charge is -2.34. The first-order valence-electron chi connectivity index (χ1n) is 8.22. The minimum Gasteiger partial charge on any atom is -0.342 e. The number of hydrogen-bond donors (Lipinski definition) is 0. The summed E-state index contributed by atoms with van der Waals surface area (Å²) in [5.74, 6) is -1.88. The van der Waals surface area contributed by atoms with Gasteiger partial charge in [-0.25, -0.2) is 9.37 Å². The van der Waals surface area contributed by atoms with E-state index < -0.39 is 24.4 Å². The van der Waals surface area contributed by atoms with Crippen molar-refractivity contribution in [2.24, 2.45) is 5.92 Å². The molecule has 1 aromatic heterocycles. The third-order valence-corrected chi connectivity index (χ3v) is 4.67. The number of likely N-dealkylation sites (tertiary alicyclic amines) is 1. The van der Waals surface area contributed by atoms with Gasteiger partial charge in [0.05, 0.1) is 23.8 Å². The molecule has 2 aromatic rings. The largest absolute Gasteiger partial charge is 0.389 e. The van der Waals surface area contributed by atoms with Gasteiger partial charge in [0.2, 0.25) is 5.91 Å². The molecule has 1 fully saturated rings. The van der Waals surface area contributed by atoms with Crippen LogP contribution >= 0.6 is 0 Å². The number of amides is 1. The number of imidazole rings is 1. The quantitative estimate of drug-likeness (QED) is 0.781. The normalized spacial score (nSPS) is 17.9. The molecule has 0 N–H and O–H groups in total. The number of hydrogen-bond acceptors (Lipinski definition) is 2. The fourth-order valence-corrected chi connectivity index (χ4v) is 3.40. The SMILES string of the molecule is CC(CC(F)(F)F)C(=O)N1CCC(n2cnc3ccc(F)cc32)CC1. The maximum Gasteiger partial charge on any atom is 0.389 e. The van der Waals surface area contributed by atoms with E-state index in [2.05, 4.69) is 4.98 Å². The van der Waals surface area contributed by atoms with Crippen LogP contribution in [0.25, 0.3) is 11.0 Å². The highest BCUT2D eigenvalue weighted by Crippen LogP contribution is 2.30. The molecule has 4 nitrogen and oxygen atoms in total. The first-order chi connectivity index (χ1) is 11.7. The Morgan fingerprint density at radius 2 is 2.00 bits per heavy atom. The molecule has 0 spiro atoms. The Hall–Kier alpha value is -2.12. The van der Waals surface area contributed by atoms with E-state index in [9.17, 15) is 22.4 Å². The van der Waals surface area contributed by atoms with Crippen LogP contribution in [0.3, 0.4) is 0 Å². The number of halogens is 4. The highest BCUT2D eigenvalue weighted by Gasteiger charge is 2.35. The van der Waals surface area contributed by atoms with Gasteiger partial charge in [-0.2, -0.15) is 13.2 Å². The summed E-state index contributed by atoms with van der Waals surface area (Å²) in [5.41, 5.74) is 1.38. The Morgan fingerprint density at radius 3 is 2.64 bits per heavy atom. The molecule has 0 saturated carbocycles. The van der Waals surface area contributed by atoms with E-state index >= 15 is 0 Å². The van der Waals surface area contributed by atoms with E-state index in [1.165, 1.54) is 24.0 Å². The smallest absolute Gasteiger partial charge is 0.342 e. The van der Waals surface area contributed by atoms with Crippen LogP contribution in [0, 0.1) is 11.7 Å². The van der Waals surface area contributed by atoms with E-state index in [1.54, 1.807) is 12.4 Å². The first kappa shape index (κ1) is 17.7. The van der Waals surface area contributed by atoms with Gasteiger partial charge in [-0.05, 0) is 31.0 Å². The average molecular weight is 357 g/mol. The number of aromatic nitrogens is 2. The average Bonchev–Trinajstić information content (AvgIpc) is 2.95. The van der Waals surface area contributed by atoms with Crippen molar-refractivity contribution in [2.75, 3.05) is 13.1 Å². The van der Waals surface area contributed by atoms with Crippen LogP contribution in [-0.4, -0.2) is 39.6 Å². The summed E-state index contributed by atoms with van der Waals surface area (Å²) in [6.07, 6.45) is -2.58. The summed E-state index contributed by atoms with van der Waals surface area (Å²) in [6.45, 7) is 2.09. The molecule has 0 aliphatic carbocycles. The van der Waals surface area contributed by atoms with Crippen molar-refractivity contribution in [3.8, 4) is 0 Å². The molecule has 0 bridgehead atoms. The van der Waals surface area contributed by atoms with Crippen LogP contribution in [0.1, 0.15) is 32.2 Å². The number of rotatable bonds is 3. The van der Waals surface area contributed by atoms with Crippen LogP contribution in [0.4, 0.5) is 17.6 Å². The number of carbonyl (C=O) groups excluding carboxylic acids is 1. The van der Waals surface area contributed by atoms with Gasteiger partial charge in [0, 0.05) is 25.0 Å². The van der Waals surface area contributed by atoms with Crippen molar-refractivity contribution >= 4 is 16.9 Å². The third-order valence-electron chi connectivity index (χ3n) is 4.67. The maximum atomic E-state index is 13.5. The number of piperidine rings is 1. The molecule has 2 heterocycles. The summed E-state index contributed by atoms with van der Waals surface area (Å²) in [7, 11) is 0. The van der Waals surface area contributed by atoms with Crippen LogP contribution in [0.5, 0.6) is 0 Å². The number of fused-ring (bicyclic) bond motifs is 1. The van der Waals surface area contributed by atoms with Crippen molar-refractivity contribution < 1.29 is 22.4 Å². The number of carbonyl (C=O) groups is 1. The summed E-state index contributed by atoms with van der Waals surface area (Å²) in [5, 5.41) is 0. The molecule has 25 heavy (non-hydrogen) atoms. The Labute approximate surface area is 142 Å². The highest BCUT2D eigenvalue weighted by atomic mass is 19.4. The van der Waals surface area contributed by atoms with Crippen LogP contribution < -0.4 is 0 Å². The van der Waals surface area contributed by atoms with Gasteiger partial charge in [0.1, 0.15) is 5.82 Å². The zero-order valence-electron chi connectivity index (χ0n) is 13.8. The lowest BCUT2D eigenvalue weighted by atomic mass is 10.0. The number of nitrogens with zero attached hydrogens (tertiary/aromatic N) is 3. The fraction of sp³-hybridized carbons (Fsp3) is 0.529. The third kappa shape index (κ3) is 3.93. The second kappa shape index (κ2) is 6.65. The molecule has 1 amide bonds. The van der Waals surface area contributed by atoms with Crippen LogP contribution in [-0.2, 0) is 4.79 Å². The molecule has 3 rings (SSSR count). The molecule has 1 atom stereocenters. The molecule has 1 unspecified atom stereocenters. The van der Waals surface area contributed by atoms with Crippen molar-refractivity contribution in [1.82, 2.24) is 14.5 Å². The zero-order chi connectivity index (χ0) is 18.2. The van der Waals surface area contributed by atoms with Gasteiger partial charge < -0.3 is 9.47 Å². The molecule has 1 saturated heterocycles. The van der Waals surface area contributed by atoms with E-state index in [0.29, 0.717) is 37.0 Å². The van der Waals surface area contributed by atoms with Crippen molar-refractivity contribution in [3.63, 3.8) is 0 Å². The Morgan fingerprint density at radius 1 is 1.32 bits per heavy atom. The Balaban J connectivity index is 1.65. The Kier molecular flexibility index (Phi) is 4.71. The molecule has 0 radical (unpaired) electrons. The maximum absolute atomic E-state index is 13.5. The fourth-order valence-electron chi connectivity index (χ4n) is 3.40. The topological polar surface area (TPSA) is 38.1 Å². The lowest BCUT2D eigenvalue weighted by Crippen LogP contribution is -2.42. The van der Waals surface area contributed by atoms with E-state index in [4.69, 9.17) is 0 Å². The van der Waals surface area contributed by atoms with Gasteiger partial charge >= 0.3 is 6.18 Å². The monoisotopic (exact) mass is 357 g/mol. The standard InChI is InChI=1S/C17H19F4N3O/c1-11(9-17(19,20)21)16(25)23-6-4-13(5-7-23)24-10-22-14-3-2-12(18)8-15(14)24/h2-3,8,10-11,13H,4-7,9H2,1H3. The molecular weight excluding hydrogens is 338 g/mol. The van der Waals surface area contributed by atoms with Crippen molar-refractivity contribution in [1.29, 1.82) is 0 Å². The van der Waals surface area contributed by atoms with Gasteiger partial charge in [0.25, 0.3) is 0 Å². The molecule has 8 heteroatoms. The van der Waals surface area contributed by atoms with Gasteiger partial charge in [-0.3, -0.25) is 4.79 Å². The van der Waals surface area contributed by atoms with E-state index in [-0.39, 0.29) is 11.9 Å². The lowest BCUT2D eigenvalue weighted by molar-refractivity contribution is -0.158. The van der Waals surface area contributed by atoms with Gasteiger partial charge in [-0.1, -0.05) is 6.92 Å². The number of benzene rings is 1. The molecular formula is C17H19F4N3O. The molecule has 1 aliphatic heterocycles. The van der Waals surface area contributed by atoms with Gasteiger partial charge in [-0.15, -0.1) is 0 Å². The van der Waals surface area contributed by atoms with Crippen molar-refractivity contribution in [3.05, 3.63) is 30.3 Å². The minimum atomic E-state index is -4.34. The van der Waals surface area contributed by atoms with Crippen LogP contribution in [0.15, 0.2) is 24.5 Å². The molecule has 1 aromatic carbocycles. The predicted octanol–water partition coefficient (Wildman–Crippen LogP) is 3.93. The second-order valence-electron chi connectivity index (χ2n) is 6.56. The van der Waals surface area contributed by atoms with Gasteiger partial charge in [0.15, 0.2) is 0 Å². The summed E-state index contributed by atoms with van der Waals surface area (Å²) in [6, 6.07) is 4.43. The first-order valence-corrected chi connectivity index (χ1v) is 8.22. The predicted molar refractivity (Wildman–Crippen MR) is 84.4 cm³/mol. The second-order valence-corrected chi connectivity index (χ2v) is 6.56. The zero-order valence-corrected chi connectivity index (χ0v) is 13.8. The summed E-state index contributed by atoms with van der Waals surface area (Å²) in [4.78, 5) is 17.9. The number of alkyl halides is 3. The molecule has 136 valence electrons. The van der Waals surface area contributed by atoms with E-state index in [0.717, 1.165) is 0 Å². The molecule has 1 aliphatic rings. The summed E-state index contributed by atoms with van der Waals surface area (Å²) < 4.78 is 52.7. The summed E-state index contributed by atoms with van der Waals surface area (Å²) >= 11 is 0. The Bertz CT molecular complexity index is 763. The highest BCUT2D eigenvalue weighted by molar-refractivity contribution is 5.78. The minimum absolute atomic E-state index is 0.0498.